The summed E-state index contributed by atoms with van der Waals surface area (Å²) < 4.78 is 49.2. The van der Waals surface area contributed by atoms with Gasteiger partial charge in [-0.3, -0.25) is 14.4 Å². The molecule has 0 aromatic rings. The zero-order valence-electron chi connectivity index (χ0n) is 31.9. The molecule has 5 saturated carbocycles. The molecule has 11 fully saturated rings. The first-order valence-corrected chi connectivity index (χ1v) is 21.7. The molecule has 6 heterocycles. The van der Waals surface area contributed by atoms with E-state index in [2.05, 4.69) is 0 Å². The zero-order valence-corrected chi connectivity index (χ0v) is 31.9. The molecule has 0 aromatic heterocycles. The van der Waals surface area contributed by atoms with E-state index in [4.69, 9.17) is 42.6 Å². The van der Waals surface area contributed by atoms with Crippen LogP contribution >= 0.6 is 0 Å². The van der Waals surface area contributed by atoms with Crippen LogP contribution in [0.4, 0.5) is 0 Å². The van der Waals surface area contributed by atoms with Crippen molar-refractivity contribution >= 4 is 17.7 Å². The molecular formula is C42H62O12. The van der Waals surface area contributed by atoms with E-state index in [0.717, 1.165) is 96.0 Å². The maximum absolute atomic E-state index is 12.0. The number of ketones is 1. The third-order valence-electron chi connectivity index (χ3n) is 14.0. The molecule has 16 atom stereocenters. The third-order valence-corrected chi connectivity index (χ3v) is 14.0. The van der Waals surface area contributed by atoms with E-state index in [1.54, 1.807) is 0 Å². The second kappa shape index (κ2) is 17.0. The second-order valence-corrected chi connectivity index (χ2v) is 18.2. The van der Waals surface area contributed by atoms with Crippen molar-refractivity contribution in [3.63, 3.8) is 0 Å². The molecule has 54 heavy (non-hydrogen) atoms. The maximum atomic E-state index is 12.0. The molecule has 11 aliphatic rings. The van der Waals surface area contributed by atoms with Crippen molar-refractivity contribution < 1.29 is 57.0 Å². The van der Waals surface area contributed by atoms with E-state index in [1.807, 2.05) is 0 Å². The van der Waals surface area contributed by atoms with Crippen LogP contribution in [0.15, 0.2) is 0 Å². The number of hydrogen-bond acceptors (Lipinski definition) is 12. The van der Waals surface area contributed by atoms with Gasteiger partial charge in [0.25, 0.3) is 0 Å². The average Bonchev–Trinajstić information content (AvgIpc) is 3.96. The van der Waals surface area contributed by atoms with Crippen molar-refractivity contribution in [2.45, 2.75) is 195 Å². The minimum Gasteiger partial charge on any atom is -0.465 e. The van der Waals surface area contributed by atoms with Crippen LogP contribution in [0.5, 0.6) is 0 Å². The van der Waals surface area contributed by atoms with Crippen LogP contribution in [-0.4, -0.2) is 117 Å². The summed E-state index contributed by atoms with van der Waals surface area (Å²) in [6.45, 7) is 2.32. The molecule has 12 nitrogen and oxygen atoms in total. The Morgan fingerprint density at radius 3 is 1.63 bits per heavy atom. The number of carbonyl (C=O) groups is 3. The highest BCUT2D eigenvalue weighted by molar-refractivity contribution is 5.79. The van der Waals surface area contributed by atoms with Crippen LogP contribution in [0.1, 0.15) is 122 Å². The van der Waals surface area contributed by atoms with Crippen molar-refractivity contribution in [1.82, 2.24) is 0 Å². The smallest absolute Gasteiger partial charge is 0.309 e. The molecule has 0 bridgehead atoms. The number of carbonyl (C=O) groups excluding carboxylic acids is 3. The Hall–Kier alpha value is -1.67. The number of hydrogen-bond donors (Lipinski definition) is 0. The van der Waals surface area contributed by atoms with Crippen molar-refractivity contribution in [1.29, 1.82) is 0 Å². The van der Waals surface area contributed by atoms with Crippen molar-refractivity contribution in [2.75, 3.05) is 26.4 Å². The lowest BCUT2D eigenvalue weighted by molar-refractivity contribution is -0.151. The molecule has 16 unspecified atom stereocenters. The molecule has 302 valence electrons. The van der Waals surface area contributed by atoms with Gasteiger partial charge in [-0.1, -0.05) is 0 Å². The quantitative estimate of drug-likeness (QED) is 0.130. The van der Waals surface area contributed by atoms with Gasteiger partial charge < -0.3 is 42.6 Å². The largest absolute Gasteiger partial charge is 0.465 e. The van der Waals surface area contributed by atoms with Gasteiger partial charge in [0.15, 0.2) is 5.78 Å². The number of epoxide rings is 6. The summed E-state index contributed by atoms with van der Waals surface area (Å²) in [5.74, 6) is 1.88. The minimum atomic E-state index is -0.145. The first-order chi connectivity index (χ1) is 26.4. The summed E-state index contributed by atoms with van der Waals surface area (Å²) in [6, 6.07) is 0. The van der Waals surface area contributed by atoms with Gasteiger partial charge in [-0.05, 0) is 120 Å². The van der Waals surface area contributed by atoms with Crippen LogP contribution in [0, 0.1) is 23.7 Å². The first-order valence-electron chi connectivity index (χ1n) is 21.7. The van der Waals surface area contributed by atoms with Gasteiger partial charge in [0, 0.05) is 19.3 Å². The lowest BCUT2D eigenvalue weighted by Crippen LogP contribution is -2.27. The standard InChI is InChI=1S/C20H30O6.C14H20O4.C8H12O2/c21-14(12-23-15-6-8-17-19(10-15)26-17)3-1-2-4-20(22)24-11-13-5-7-16-18(9-13)25-16;15-14(9-2-4-11-13(6-9)18-11)16-7-8-1-3-10-12(5-8)17-10;1-2-6-7(10-6)3-5(1)8-4-9-8/h13,15-19H,1-12H2;8-13H,1-7H2;5-8H,1-4H2. The predicted molar refractivity (Wildman–Crippen MR) is 191 cm³/mol. The van der Waals surface area contributed by atoms with Crippen molar-refractivity contribution in [3.05, 3.63) is 0 Å². The Labute approximate surface area is 319 Å². The number of fused-ring (bicyclic) bond motifs is 5. The highest BCUT2D eigenvalue weighted by Gasteiger charge is 2.49. The van der Waals surface area contributed by atoms with E-state index < -0.39 is 0 Å². The van der Waals surface area contributed by atoms with E-state index in [1.165, 1.54) is 19.3 Å². The minimum absolute atomic E-state index is 0.00258. The molecule has 5 aliphatic carbocycles. The number of unbranched alkanes of at least 4 members (excludes halogenated alkanes) is 1. The van der Waals surface area contributed by atoms with Crippen molar-refractivity contribution in [3.8, 4) is 0 Å². The summed E-state index contributed by atoms with van der Waals surface area (Å²) in [6.07, 6.45) is 24.2. The van der Waals surface area contributed by atoms with E-state index in [-0.39, 0.29) is 36.4 Å². The number of rotatable bonds is 14. The third kappa shape index (κ3) is 10.8. The Morgan fingerprint density at radius 2 is 1.04 bits per heavy atom. The Bertz CT molecular complexity index is 1280. The molecule has 0 amide bonds. The van der Waals surface area contributed by atoms with Gasteiger partial charge in [0.1, 0.15) is 6.61 Å². The highest BCUT2D eigenvalue weighted by Crippen LogP contribution is 2.44. The molecule has 0 N–H and O–H groups in total. The summed E-state index contributed by atoms with van der Waals surface area (Å²) in [5.41, 5.74) is 0. The van der Waals surface area contributed by atoms with Crippen LogP contribution in [0.25, 0.3) is 0 Å². The maximum Gasteiger partial charge on any atom is 0.309 e. The molecule has 0 radical (unpaired) electrons. The molecule has 6 aliphatic heterocycles. The summed E-state index contributed by atoms with van der Waals surface area (Å²) in [5, 5.41) is 0. The SMILES string of the molecule is C1CC2OC2CC1C1CO1.O=C(CCCCC(=O)OCC1CCC2OC2C1)COC1CCC2OC2C1.O=C(OCC1CCC2OC2C1)C1CCC2OC2C1. The van der Waals surface area contributed by atoms with Crippen LogP contribution in [-0.2, 0) is 57.0 Å². The van der Waals surface area contributed by atoms with Crippen LogP contribution < -0.4 is 0 Å². The monoisotopic (exact) mass is 758 g/mol. The normalized spacial score (nSPS) is 45.0. The van der Waals surface area contributed by atoms with Crippen molar-refractivity contribution in [2.24, 2.45) is 23.7 Å². The molecule has 6 saturated heterocycles. The molecular weight excluding hydrogens is 696 g/mol. The average molecular weight is 759 g/mol. The lowest BCUT2D eigenvalue weighted by Gasteiger charge is -2.21. The lowest BCUT2D eigenvalue weighted by atomic mass is 9.87. The fraction of sp³-hybridized carbons (Fsp3) is 0.929. The van der Waals surface area contributed by atoms with E-state index >= 15 is 0 Å². The second-order valence-electron chi connectivity index (χ2n) is 18.2. The zero-order chi connectivity index (χ0) is 36.6. The van der Waals surface area contributed by atoms with Crippen LogP contribution in [0.3, 0.4) is 0 Å². The topological polar surface area (TPSA) is 154 Å². The number of esters is 2. The first kappa shape index (κ1) is 37.9. The van der Waals surface area contributed by atoms with Gasteiger partial charge >= 0.3 is 11.9 Å². The molecule has 11 rings (SSSR count). The van der Waals surface area contributed by atoms with E-state index in [0.29, 0.717) is 111 Å². The van der Waals surface area contributed by atoms with Crippen LogP contribution in [0.2, 0.25) is 0 Å². The molecule has 0 aromatic carbocycles. The number of Topliss-reactive ketones (excluding diaryl/α,β-unsaturated/α-hetero) is 1. The Morgan fingerprint density at radius 1 is 0.500 bits per heavy atom. The predicted octanol–water partition coefficient (Wildman–Crippen LogP) is 5.18. The van der Waals surface area contributed by atoms with Gasteiger partial charge in [0.2, 0.25) is 0 Å². The summed E-state index contributed by atoms with van der Waals surface area (Å²) in [7, 11) is 0. The highest BCUT2D eigenvalue weighted by atomic mass is 16.6. The van der Waals surface area contributed by atoms with Gasteiger partial charge in [-0.25, -0.2) is 0 Å². The summed E-state index contributed by atoms with van der Waals surface area (Å²) >= 11 is 0. The van der Waals surface area contributed by atoms with Gasteiger partial charge in [-0.2, -0.15) is 0 Å². The Balaban J connectivity index is 0.000000117. The molecule has 12 heteroatoms. The fourth-order valence-corrected chi connectivity index (χ4v) is 9.99. The fourth-order valence-electron chi connectivity index (χ4n) is 9.99. The Kier molecular flexibility index (Phi) is 12.0. The van der Waals surface area contributed by atoms with Gasteiger partial charge in [-0.15, -0.1) is 0 Å². The van der Waals surface area contributed by atoms with E-state index in [9.17, 15) is 14.4 Å². The summed E-state index contributed by atoms with van der Waals surface area (Å²) in [4.78, 5) is 35.7. The van der Waals surface area contributed by atoms with Gasteiger partial charge in [0.05, 0.1) is 99.0 Å². The number of ether oxygens (including phenoxy) is 9. The molecule has 0 spiro atoms.